The fraction of sp³-hybridized carbons (Fsp3) is 0.476. The number of benzene rings is 1. The zero-order valence-corrected chi connectivity index (χ0v) is 16.2. The minimum atomic E-state index is -0.503. The lowest BCUT2D eigenvalue weighted by Gasteiger charge is -2.39. The van der Waals surface area contributed by atoms with Crippen molar-refractivity contribution < 1.29 is 19.1 Å². The maximum atomic E-state index is 12.3. The summed E-state index contributed by atoms with van der Waals surface area (Å²) in [6, 6.07) is 5.83. The van der Waals surface area contributed by atoms with E-state index in [0.29, 0.717) is 25.4 Å². The van der Waals surface area contributed by atoms with Crippen molar-refractivity contribution in [1.29, 1.82) is 0 Å². The molecule has 27 heavy (non-hydrogen) atoms. The van der Waals surface area contributed by atoms with Gasteiger partial charge in [-0.2, -0.15) is 0 Å². The van der Waals surface area contributed by atoms with E-state index >= 15 is 0 Å². The van der Waals surface area contributed by atoms with Crippen LogP contribution in [0.5, 0.6) is 5.75 Å². The minimum absolute atomic E-state index is 0.0728. The number of hydrogen-bond acceptors (Lipinski definition) is 4. The molecule has 1 saturated heterocycles. The van der Waals surface area contributed by atoms with Crippen molar-refractivity contribution >= 4 is 17.7 Å². The second-order valence-electron chi connectivity index (χ2n) is 7.86. The van der Waals surface area contributed by atoms with Gasteiger partial charge in [-0.25, -0.2) is 4.79 Å². The molecule has 1 fully saturated rings. The molecule has 2 aliphatic heterocycles. The molecule has 2 heterocycles. The van der Waals surface area contributed by atoms with Crippen LogP contribution >= 0.6 is 0 Å². The van der Waals surface area contributed by atoms with Gasteiger partial charge in [0, 0.05) is 18.7 Å². The monoisotopic (exact) mass is 370 g/mol. The summed E-state index contributed by atoms with van der Waals surface area (Å²) in [5, 5.41) is 0. The van der Waals surface area contributed by atoms with Crippen molar-refractivity contribution in [1.82, 2.24) is 4.90 Å². The molecule has 1 aromatic carbocycles. The van der Waals surface area contributed by atoms with E-state index in [1.807, 2.05) is 39.0 Å². The molecule has 0 radical (unpaired) electrons. The van der Waals surface area contributed by atoms with Crippen LogP contribution in [0, 0.1) is 0 Å². The topological polar surface area (TPSA) is 59.1 Å². The molecular formula is C21H26N2O4. The van der Waals surface area contributed by atoms with Crippen molar-refractivity contribution in [2.45, 2.75) is 45.3 Å². The molecule has 0 bridgehead atoms. The first kappa shape index (κ1) is 19.1. The van der Waals surface area contributed by atoms with E-state index in [2.05, 4.69) is 12.3 Å². The smallest absolute Gasteiger partial charge is 0.410 e. The second kappa shape index (κ2) is 7.49. The summed E-state index contributed by atoms with van der Waals surface area (Å²) >= 11 is 0. The Balaban J connectivity index is 1.63. The average molecular weight is 370 g/mol. The highest BCUT2D eigenvalue weighted by atomic mass is 16.6. The third-order valence-electron chi connectivity index (χ3n) is 4.47. The average Bonchev–Trinajstić information content (AvgIpc) is 2.55. The molecule has 0 N–H and O–H groups in total. The van der Waals surface area contributed by atoms with Gasteiger partial charge in [0.1, 0.15) is 17.5 Å². The Kier molecular flexibility index (Phi) is 5.29. The van der Waals surface area contributed by atoms with E-state index in [1.54, 1.807) is 9.80 Å². The van der Waals surface area contributed by atoms with Gasteiger partial charge in [-0.1, -0.05) is 12.6 Å². The Hall–Kier alpha value is -2.72. The van der Waals surface area contributed by atoms with Crippen LogP contribution in [-0.2, 0) is 16.0 Å². The molecule has 0 unspecified atom stereocenters. The number of anilines is 1. The summed E-state index contributed by atoms with van der Waals surface area (Å²) in [7, 11) is 0. The molecule has 0 atom stereocenters. The van der Waals surface area contributed by atoms with Crippen LogP contribution in [0.3, 0.4) is 0 Å². The number of fused-ring (bicyclic) bond motifs is 1. The van der Waals surface area contributed by atoms with Crippen LogP contribution in [-0.4, -0.2) is 48.2 Å². The number of amides is 2. The fourth-order valence-electron chi connectivity index (χ4n) is 3.20. The Bertz CT molecular complexity index is 784. The van der Waals surface area contributed by atoms with Gasteiger partial charge in [0.25, 0.3) is 5.91 Å². The normalized spacial score (nSPS) is 16.7. The van der Waals surface area contributed by atoms with E-state index in [4.69, 9.17) is 9.47 Å². The highest BCUT2D eigenvalue weighted by Gasteiger charge is 2.35. The largest absolute Gasteiger partial charge is 0.487 e. The molecule has 2 aliphatic rings. The van der Waals surface area contributed by atoms with E-state index in [-0.39, 0.29) is 18.1 Å². The third kappa shape index (κ3) is 4.52. The van der Waals surface area contributed by atoms with Gasteiger partial charge in [0.15, 0.2) is 0 Å². The van der Waals surface area contributed by atoms with Gasteiger partial charge in [0.05, 0.1) is 18.8 Å². The number of hydrogen-bond donors (Lipinski definition) is 0. The summed E-state index contributed by atoms with van der Waals surface area (Å²) in [6.07, 6.45) is 2.83. The summed E-state index contributed by atoms with van der Waals surface area (Å²) in [4.78, 5) is 27.6. The van der Waals surface area contributed by atoms with Crippen molar-refractivity contribution in [3.63, 3.8) is 0 Å². The van der Waals surface area contributed by atoms with Crippen molar-refractivity contribution in [2.75, 3.05) is 24.5 Å². The lowest BCUT2D eigenvalue weighted by Crippen LogP contribution is -2.57. The summed E-state index contributed by atoms with van der Waals surface area (Å²) in [5.41, 5.74) is 4.04. The van der Waals surface area contributed by atoms with Gasteiger partial charge < -0.3 is 19.3 Å². The highest BCUT2D eigenvalue weighted by Crippen LogP contribution is 2.32. The van der Waals surface area contributed by atoms with E-state index < -0.39 is 5.60 Å². The molecule has 0 spiro atoms. The van der Waals surface area contributed by atoms with E-state index in [1.165, 1.54) is 6.08 Å². The number of carbonyl (C=O) groups excluding carboxylic acids is 2. The summed E-state index contributed by atoms with van der Waals surface area (Å²) in [6.45, 7) is 10.7. The van der Waals surface area contributed by atoms with E-state index in [9.17, 15) is 9.59 Å². The number of carbonyl (C=O) groups is 2. The van der Waals surface area contributed by atoms with Crippen molar-refractivity contribution in [2.24, 2.45) is 0 Å². The molecule has 0 aromatic heterocycles. The standard InChI is InChI=1S/C21H26N2O4/c1-5-7-19(24)23-11-6-8-15-9-10-16(12-18(15)23)26-17-13-22(14-17)20(25)27-21(2,3)4/h7,9-10,12,17H,1,6,8,11,13-14H2,2-4H3. The minimum Gasteiger partial charge on any atom is -0.487 e. The van der Waals surface area contributed by atoms with Crippen LogP contribution in [0.25, 0.3) is 0 Å². The SMILES string of the molecule is C=C=CC(=O)N1CCCc2ccc(OC3CN(C(=O)OC(C)(C)C)C3)cc21. The van der Waals surface area contributed by atoms with Crippen LogP contribution in [0.2, 0.25) is 0 Å². The summed E-state index contributed by atoms with van der Waals surface area (Å²) < 4.78 is 11.3. The van der Waals surface area contributed by atoms with E-state index in [0.717, 1.165) is 24.1 Å². The van der Waals surface area contributed by atoms with Gasteiger partial charge in [-0.15, -0.1) is 5.73 Å². The summed E-state index contributed by atoms with van der Waals surface area (Å²) in [5.74, 6) is 0.577. The molecule has 1 aromatic rings. The van der Waals surface area contributed by atoms with Gasteiger partial charge >= 0.3 is 6.09 Å². The molecule has 0 aliphatic carbocycles. The molecule has 6 nitrogen and oxygen atoms in total. The molecule has 6 heteroatoms. The zero-order valence-electron chi connectivity index (χ0n) is 16.2. The van der Waals surface area contributed by atoms with Crippen LogP contribution in [0.15, 0.2) is 36.6 Å². The first-order chi connectivity index (χ1) is 12.8. The Morgan fingerprint density at radius 1 is 1.30 bits per heavy atom. The maximum Gasteiger partial charge on any atom is 0.410 e. The van der Waals surface area contributed by atoms with Gasteiger partial charge in [0.2, 0.25) is 0 Å². The van der Waals surface area contributed by atoms with Crippen LogP contribution in [0.4, 0.5) is 10.5 Å². The molecular weight excluding hydrogens is 344 g/mol. The maximum absolute atomic E-state index is 12.3. The van der Waals surface area contributed by atoms with Crippen LogP contribution < -0.4 is 9.64 Å². The quantitative estimate of drug-likeness (QED) is 0.605. The Morgan fingerprint density at radius 2 is 2.04 bits per heavy atom. The number of likely N-dealkylation sites (tertiary alicyclic amines) is 1. The molecule has 3 rings (SSSR count). The molecule has 0 saturated carbocycles. The fourth-order valence-corrected chi connectivity index (χ4v) is 3.20. The van der Waals surface area contributed by atoms with Crippen molar-refractivity contribution in [3.05, 3.63) is 42.1 Å². The first-order valence-electron chi connectivity index (χ1n) is 9.21. The first-order valence-corrected chi connectivity index (χ1v) is 9.21. The van der Waals surface area contributed by atoms with Crippen molar-refractivity contribution in [3.8, 4) is 5.75 Å². The molecule has 2 amide bonds. The van der Waals surface area contributed by atoms with Gasteiger partial charge in [-0.3, -0.25) is 4.79 Å². The number of nitrogens with zero attached hydrogens (tertiary/aromatic N) is 2. The predicted molar refractivity (Wildman–Crippen MR) is 103 cm³/mol. The zero-order chi connectivity index (χ0) is 19.6. The van der Waals surface area contributed by atoms with Gasteiger partial charge in [-0.05, 0) is 45.2 Å². The predicted octanol–water partition coefficient (Wildman–Crippen LogP) is 3.31. The number of ether oxygens (including phenoxy) is 2. The Morgan fingerprint density at radius 3 is 2.70 bits per heavy atom. The van der Waals surface area contributed by atoms with Crippen LogP contribution in [0.1, 0.15) is 32.8 Å². The lowest BCUT2D eigenvalue weighted by atomic mass is 10.0. The Labute approximate surface area is 160 Å². The second-order valence-corrected chi connectivity index (χ2v) is 7.86. The highest BCUT2D eigenvalue weighted by molar-refractivity contribution is 6.02. The third-order valence-corrected chi connectivity index (χ3v) is 4.47. The number of rotatable bonds is 3. The lowest BCUT2D eigenvalue weighted by molar-refractivity contribution is -0.114. The molecule has 144 valence electrons. The number of aryl methyl sites for hydroxylation is 1.